The summed E-state index contributed by atoms with van der Waals surface area (Å²) in [4.78, 5) is 29.7. The van der Waals surface area contributed by atoms with Gasteiger partial charge in [-0.25, -0.2) is 0 Å². The minimum absolute atomic E-state index is 0.0282. The van der Waals surface area contributed by atoms with E-state index < -0.39 is 18.8 Å². The molecule has 152 valence electrons. The third-order valence-electron chi connectivity index (χ3n) is 3.78. The van der Waals surface area contributed by atoms with Crippen LogP contribution in [0.4, 0.5) is 14.5 Å². The molecule has 0 aliphatic carbocycles. The number of thioether (sulfide) groups is 1. The second kappa shape index (κ2) is 9.50. The molecule has 0 aliphatic rings. The summed E-state index contributed by atoms with van der Waals surface area (Å²) in [6, 6.07) is 11.4. The summed E-state index contributed by atoms with van der Waals surface area (Å²) in [6.45, 7) is 1.45. The second-order valence-corrected chi connectivity index (χ2v) is 9.73. The fourth-order valence-electron chi connectivity index (χ4n) is 2.42. The van der Waals surface area contributed by atoms with Crippen molar-refractivity contribution in [3.63, 3.8) is 0 Å². The highest BCUT2D eigenvalue weighted by Crippen LogP contribution is 2.60. The molecule has 2 aromatic carbocycles. The van der Waals surface area contributed by atoms with Crippen LogP contribution in [0.5, 0.6) is 0 Å². The second-order valence-electron chi connectivity index (χ2n) is 6.06. The molecule has 5 nitrogen and oxygen atoms in total. The largest absolute Gasteiger partial charge is 0.399 e. The van der Waals surface area contributed by atoms with E-state index in [2.05, 4.69) is 21.2 Å². The molecule has 3 N–H and O–H groups in total. The van der Waals surface area contributed by atoms with E-state index >= 15 is 0 Å². The molecule has 2 aromatic rings. The van der Waals surface area contributed by atoms with E-state index in [1.165, 1.54) is 19.1 Å². The first-order valence-corrected chi connectivity index (χ1v) is 11.6. The first-order chi connectivity index (χ1) is 13.0. The zero-order valence-electron chi connectivity index (χ0n) is 14.9. The average Bonchev–Trinajstić information content (AvgIpc) is 2.58. The number of amides is 1. The van der Waals surface area contributed by atoms with Crippen molar-refractivity contribution in [2.75, 3.05) is 11.1 Å². The van der Waals surface area contributed by atoms with Gasteiger partial charge < -0.3 is 15.1 Å². The van der Waals surface area contributed by atoms with Crippen LogP contribution in [0.2, 0.25) is 0 Å². The van der Waals surface area contributed by atoms with Crippen molar-refractivity contribution in [1.29, 1.82) is 0 Å². The maximum Gasteiger partial charge on any atom is 0.399 e. The molecule has 0 fully saturated rings. The number of anilines is 1. The molecule has 0 saturated carbocycles. The lowest BCUT2D eigenvalue weighted by atomic mass is 10.1. The highest BCUT2D eigenvalue weighted by atomic mass is 79.9. The predicted octanol–water partition coefficient (Wildman–Crippen LogP) is 5.36. The van der Waals surface area contributed by atoms with E-state index in [0.717, 1.165) is 34.4 Å². The summed E-state index contributed by atoms with van der Waals surface area (Å²) in [5.74, 6) is 0.674. The first-order valence-electron chi connectivity index (χ1n) is 8.23. The summed E-state index contributed by atoms with van der Waals surface area (Å²) in [5.41, 5.74) is -3.44. The van der Waals surface area contributed by atoms with E-state index in [1.54, 1.807) is 11.8 Å². The maximum atomic E-state index is 13.8. The zero-order valence-corrected chi connectivity index (χ0v) is 18.2. The minimum Gasteiger partial charge on any atom is -0.326 e. The molecule has 2 rings (SSSR count). The molecule has 0 unspecified atom stereocenters. The minimum atomic E-state index is -5.59. The Bertz CT molecular complexity index is 890. The van der Waals surface area contributed by atoms with Crippen LogP contribution in [-0.2, 0) is 21.4 Å². The van der Waals surface area contributed by atoms with Crippen LogP contribution in [0.1, 0.15) is 24.5 Å². The Morgan fingerprint density at radius 1 is 1.21 bits per heavy atom. The van der Waals surface area contributed by atoms with E-state index in [4.69, 9.17) is 9.79 Å². The lowest BCUT2D eigenvalue weighted by Crippen LogP contribution is -2.14. The van der Waals surface area contributed by atoms with Crippen molar-refractivity contribution in [1.82, 2.24) is 0 Å². The van der Waals surface area contributed by atoms with E-state index in [9.17, 15) is 18.1 Å². The lowest BCUT2D eigenvalue weighted by molar-refractivity contribution is -0.114. The van der Waals surface area contributed by atoms with Gasteiger partial charge in [-0.1, -0.05) is 28.1 Å². The Morgan fingerprint density at radius 2 is 1.86 bits per heavy atom. The number of hydrogen-bond acceptors (Lipinski definition) is 3. The standard InChI is InChI=1S/C18H19BrF2NO4PS/c1-12(23)22-14-5-7-15(8-6-14)28-10-2-3-13-4-9-16(17(19)11-13)18(20,21)27(24,25)26/h4-9,11H,2-3,10H2,1H3,(H,22,23)(H2,24,25,26). The van der Waals surface area contributed by atoms with Crippen molar-refractivity contribution in [3.8, 4) is 0 Å². The monoisotopic (exact) mass is 493 g/mol. The molecule has 0 bridgehead atoms. The lowest BCUT2D eigenvalue weighted by Gasteiger charge is -2.19. The molecule has 0 heterocycles. The van der Waals surface area contributed by atoms with Crippen LogP contribution < -0.4 is 5.32 Å². The van der Waals surface area contributed by atoms with Crippen LogP contribution in [-0.4, -0.2) is 21.4 Å². The Morgan fingerprint density at radius 3 is 2.39 bits per heavy atom. The normalized spacial score (nSPS) is 12.1. The molecular formula is C18H19BrF2NO4PS. The number of aryl methyl sites for hydroxylation is 1. The van der Waals surface area contributed by atoms with E-state index in [1.807, 2.05) is 24.3 Å². The van der Waals surface area contributed by atoms with Crippen molar-refractivity contribution >= 4 is 46.9 Å². The van der Waals surface area contributed by atoms with Crippen molar-refractivity contribution < 1.29 is 27.9 Å². The van der Waals surface area contributed by atoms with Gasteiger partial charge in [-0.15, -0.1) is 11.8 Å². The van der Waals surface area contributed by atoms with Gasteiger partial charge in [-0.2, -0.15) is 8.78 Å². The fraction of sp³-hybridized carbons (Fsp3) is 0.278. The molecule has 0 saturated heterocycles. The van der Waals surface area contributed by atoms with Gasteiger partial charge in [0.2, 0.25) is 5.91 Å². The smallest absolute Gasteiger partial charge is 0.326 e. The number of carbonyl (C=O) groups excluding carboxylic acids is 1. The predicted molar refractivity (Wildman–Crippen MR) is 110 cm³/mol. The summed E-state index contributed by atoms with van der Waals surface area (Å²) < 4.78 is 38.6. The number of nitrogens with one attached hydrogen (secondary N) is 1. The topological polar surface area (TPSA) is 86.6 Å². The Hall–Kier alpha value is -1.25. The molecule has 0 spiro atoms. The van der Waals surface area contributed by atoms with Crippen molar-refractivity contribution in [2.24, 2.45) is 0 Å². The third-order valence-corrected chi connectivity index (χ3v) is 6.50. The highest BCUT2D eigenvalue weighted by molar-refractivity contribution is 9.10. The molecule has 1 amide bonds. The van der Waals surface area contributed by atoms with Gasteiger partial charge in [0.15, 0.2) is 0 Å². The summed E-state index contributed by atoms with van der Waals surface area (Å²) in [6.07, 6.45) is 1.43. The highest BCUT2D eigenvalue weighted by Gasteiger charge is 2.51. The SMILES string of the molecule is CC(=O)Nc1ccc(SCCCc2ccc(C(F)(F)P(=O)(O)O)c(Br)c2)cc1. The number of hydrogen-bond donors (Lipinski definition) is 3. The number of halogens is 3. The molecule has 0 aromatic heterocycles. The number of benzene rings is 2. The average molecular weight is 494 g/mol. The van der Waals surface area contributed by atoms with Crippen molar-refractivity contribution in [2.45, 2.75) is 30.3 Å². The van der Waals surface area contributed by atoms with Gasteiger partial charge in [-0.05, 0) is 54.5 Å². The van der Waals surface area contributed by atoms with Gasteiger partial charge in [0.25, 0.3) is 0 Å². The number of rotatable bonds is 8. The van der Waals surface area contributed by atoms with Crippen molar-refractivity contribution in [3.05, 3.63) is 58.1 Å². The van der Waals surface area contributed by atoms with Crippen LogP contribution in [0.3, 0.4) is 0 Å². The van der Waals surface area contributed by atoms with Crippen LogP contribution >= 0.6 is 35.3 Å². The molecule has 28 heavy (non-hydrogen) atoms. The molecule has 0 aliphatic heterocycles. The molecule has 0 atom stereocenters. The van der Waals surface area contributed by atoms with Crippen LogP contribution in [0, 0.1) is 0 Å². The van der Waals surface area contributed by atoms with E-state index in [-0.39, 0.29) is 10.4 Å². The molecule has 0 radical (unpaired) electrons. The number of carbonyl (C=O) groups is 1. The van der Waals surface area contributed by atoms with Gasteiger partial charge >= 0.3 is 13.3 Å². The quantitative estimate of drug-likeness (QED) is 0.262. The Labute approximate surface area is 174 Å². The van der Waals surface area contributed by atoms with Gasteiger partial charge in [-0.3, -0.25) is 9.36 Å². The maximum absolute atomic E-state index is 13.8. The summed E-state index contributed by atoms with van der Waals surface area (Å²) in [7, 11) is -5.59. The van der Waals surface area contributed by atoms with Gasteiger partial charge in [0.1, 0.15) is 0 Å². The molecular weight excluding hydrogens is 475 g/mol. The number of alkyl halides is 2. The van der Waals surface area contributed by atoms with Crippen LogP contribution in [0.25, 0.3) is 0 Å². The third kappa shape index (κ3) is 6.12. The summed E-state index contributed by atoms with van der Waals surface area (Å²) >= 11 is 4.62. The van der Waals surface area contributed by atoms with E-state index in [0.29, 0.717) is 6.42 Å². The van der Waals surface area contributed by atoms with Gasteiger partial charge in [0, 0.05) is 27.5 Å². The molecule has 10 heteroatoms. The zero-order chi connectivity index (χ0) is 20.9. The first kappa shape index (κ1) is 23.0. The van der Waals surface area contributed by atoms with Gasteiger partial charge in [0.05, 0.1) is 0 Å². The van der Waals surface area contributed by atoms with Crippen LogP contribution in [0.15, 0.2) is 51.8 Å². The summed E-state index contributed by atoms with van der Waals surface area (Å²) in [5, 5.41) is 2.70. The Kier molecular flexibility index (Phi) is 7.81. The Balaban J connectivity index is 1.89. The fourth-order valence-corrected chi connectivity index (χ4v) is 4.61.